The van der Waals surface area contributed by atoms with E-state index in [2.05, 4.69) is 4.74 Å². The van der Waals surface area contributed by atoms with Crippen molar-refractivity contribution in [1.29, 1.82) is 0 Å². The number of carbonyl (C=O) groups excluding carboxylic acids is 1. The summed E-state index contributed by atoms with van der Waals surface area (Å²) in [5.41, 5.74) is 0.469. The van der Waals surface area contributed by atoms with Gasteiger partial charge in [0.15, 0.2) is 0 Å². The van der Waals surface area contributed by atoms with E-state index in [1.165, 1.54) is 7.11 Å². The van der Waals surface area contributed by atoms with E-state index in [4.69, 9.17) is 0 Å². The van der Waals surface area contributed by atoms with Crippen molar-refractivity contribution in [2.75, 3.05) is 13.4 Å². The number of hydrogen-bond acceptors (Lipinski definition) is 3. The highest BCUT2D eigenvalue weighted by atomic mass is 32.2. The standard InChI is InChI=1S/C9H10O3S/c1-12-9(10)7-3-5-8(6-4-7)13(2)11/h3-6H,1-2H3/t13-/m1/s1. The predicted octanol–water partition coefficient (Wildman–Crippen LogP) is 1.21. The van der Waals surface area contributed by atoms with Gasteiger partial charge in [-0.3, -0.25) is 4.21 Å². The summed E-state index contributed by atoms with van der Waals surface area (Å²) < 4.78 is 15.5. The van der Waals surface area contributed by atoms with Crippen LogP contribution in [0.3, 0.4) is 0 Å². The molecular weight excluding hydrogens is 188 g/mol. The van der Waals surface area contributed by atoms with Gasteiger partial charge in [0.2, 0.25) is 0 Å². The highest BCUT2D eigenvalue weighted by Gasteiger charge is 2.04. The van der Waals surface area contributed by atoms with Crippen molar-refractivity contribution in [2.24, 2.45) is 0 Å². The maximum Gasteiger partial charge on any atom is 0.337 e. The molecule has 0 aliphatic heterocycles. The van der Waals surface area contributed by atoms with E-state index in [0.717, 1.165) is 0 Å². The average molecular weight is 198 g/mol. The van der Waals surface area contributed by atoms with Crippen molar-refractivity contribution >= 4 is 16.8 Å². The lowest BCUT2D eigenvalue weighted by atomic mass is 10.2. The van der Waals surface area contributed by atoms with Gasteiger partial charge in [0.1, 0.15) is 0 Å². The number of rotatable bonds is 2. The van der Waals surface area contributed by atoms with Gasteiger partial charge in [-0.1, -0.05) is 0 Å². The second kappa shape index (κ2) is 4.18. The third kappa shape index (κ3) is 2.39. The summed E-state index contributed by atoms with van der Waals surface area (Å²) >= 11 is 0. The zero-order chi connectivity index (χ0) is 9.84. The molecule has 1 atom stereocenters. The number of esters is 1. The highest BCUT2D eigenvalue weighted by molar-refractivity contribution is 7.84. The van der Waals surface area contributed by atoms with Crippen LogP contribution in [0.5, 0.6) is 0 Å². The molecule has 0 spiro atoms. The van der Waals surface area contributed by atoms with E-state index in [1.807, 2.05) is 0 Å². The normalized spacial score (nSPS) is 12.2. The quantitative estimate of drug-likeness (QED) is 0.671. The summed E-state index contributed by atoms with van der Waals surface area (Å²) in [6.07, 6.45) is 1.59. The van der Waals surface area contributed by atoms with E-state index in [0.29, 0.717) is 10.5 Å². The Hall–Kier alpha value is -1.16. The Labute approximate surface area is 79.2 Å². The first-order chi connectivity index (χ1) is 6.15. The molecule has 0 bridgehead atoms. The van der Waals surface area contributed by atoms with Crippen molar-refractivity contribution in [3.63, 3.8) is 0 Å². The van der Waals surface area contributed by atoms with Crippen LogP contribution < -0.4 is 0 Å². The minimum Gasteiger partial charge on any atom is -0.465 e. The zero-order valence-corrected chi connectivity index (χ0v) is 8.26. The van der Waals surface area contributed by atoms with Crippen LogP contribution in [0.2, 0.25) is 0 Å². The maximum atomic E-state index is 11.0. The van der Waals surface area contributed by atoms with E-state index in [1.54, 1.807) is 30.5 Å². The molecule has 1 rings (SSSR count). The molecule has 0 aliphatic rings. The monoisotopic (exact) mass is 198 g/mol. The lowest BCUT2D eigenvalue weighted by molar-refractivity contribution is 0.0600. The van der Waals surface area contributed by atoms with Gasteiger partial charge in [0, 0.05) is 22.0 Å². The Morgan fingerprint density at radius 2 is 1.85 bits per heavy atom. The van der Waals surface area contributed by atoms with Crippen LogP contribution in [0, 0.1) is 0 Å². The number of benzene rings is 1. The summed E-state index contributed by atoms with van der Waals surface area (Å²) in [4.78, 5) is 11.7. The second-order valence-corrected chi connectivity index (χ2v) is 3.85. The van der Waals surface area contributed by atoms with E-state index in [9.17, 15) is 9.00 Å². The van der Waals surface area contributed by atoms with Crippen molar-refractivity contribution in [3.8, 4) is 0 Å². The predicted molar refractivity (Wildman–Crippen MR) is 50.1 cm³/mol. The fourth-order valence-electron chi connectivity index (χ4n) is 0.901. The van der Waals surface area contributed by atoms with Gasteiger partial charge in [0.25, 0.3) is 0 Å². The Morgan fingerprint density at radius 3 is 2.23 bits per heavy atom. The molecule has 0 aliphatic carbocycles. The van der Waals surface area contributed by atoms with Crippen LogP contribution in [-0.2, 0) is 15.5 Å². The van der Waals surface area contributed by atoms with Crippen molar-refractivity contribution in [1.82, 2.24) is 0 Å². The Balaban J connectivity index is 2.93. The smallest absolute Gasteiger partial charge is 0.337 e. The van der Waals surface area contributed by atoms with E-state index in [-0.39, 0.29) is 5.97 Å². The Kier molecular flexibility index (Phi) is 3.19. The largest absolute Gasteiger partial charge is 0.465 e. The lowest BCUT2D eigenvalue weighted by Crippen LogP contribution is -2.00. The first-order valence-corrected chi connectivity index (χ1v) is 5.22. The molecule has 0 saturated carbocycles. The van der Waals surface area contributed by atoms with Crippen molar-refractivity contribution < 1.29 is 13.7 Å². The first-order valence-electron chi connectivity index (χ1n) is 3.67. The summed E-state index contributed by atoms with van der Waals surface area (Å²) in [5.74, 6) is -0.381. The number of ether oxygens (including phenoxy) is 1. The summed E-state index contributed by atoms with van der Waals surface area (Å²) in [5, 5.41) is 0. The molecule has 13 heavy (non-hydrogen) atoms. The van der Waals surface area contributed by atoms with Crippen LogP contribution in [0.25, 0.3) is 0 Å². The molecule has 0 aromatic heterocycles. The topological polar surface area (TPSA) is 43.4 Å². The summed E-state index contributed by atoms with van der Waals surface area (Å²) in [6.45, 7) is 0. The molecule has 0 unspecified atom stereocenters. The third-order valence-electron chi connectivity index (χ3n) is 1.61. The number of carbonyl (C=O) groups is 1. The Morgan fingerprint density at radius 1 is 1.31 bits per heavy atom. The molecular formula is C9H10O3S. The summed E-state index contributed by atoms with van der Waals surface area (Å²) in [6, 6.07) is 6.51. The third-order valence-corrected chi connectivity index (χ3v) is 2.54. The molecule has 70 valence electrons. The van der Waals surface area contributed by atoms with E-state index >= 15 is 0 Å². The molecule has 4 heteroatoms. The zero-order valence-electron chi connectivity index (χ0n) is 7.44. The van der Waals surface area contributed by atoms with Crippen LogP contribution in [-0.4, -0.2) is 23.5 Å². The fourth-order valence-corrected chi connectivity index (χ4v) is 1.42. The minimum atomic E-state index is -1.00. The second-order valence-electron chi connectivity index (χ2n) is 2.47. The van der Waals surface area contributed by atoms with Crippen molar-refractivity contribution in [2.45, 2.75) is 4.90 Å². The van der Waals surface area contributed by atoms with Crippen LogP contribution in [0.4, 0.5) is 0 Å². The van der Waals surface area contributed by atoms with Gasteiger partial charge in [-0.15, -0.1) is 0 Å². The van der Waals surface area contributed by atoms with Crippen LogP contribution in [0.15, 0.2) is 29.2 Å². The molecule has 1 aromatic rings. The highest BCUT2D eigenvalue weighted by Crippen LogP contribution is 2.08. The van der Waals surface area contributed by atoms with E-state index < -0.39 is 10.8 Å². The number of methoxy groups -OCH3 is 1. The van der Waals surface area contributed by atoms with Crippen LogP contribution in [0.1, 0.15) is 10.4 Å². The molecule has 0 radical (unpaired) electrons. The lowest BCUT2D eigenvalue weighted by Gasteiger charge is -1.99. The molecule has 3 nitrogen and oxygen atoms in total. The maximum absolute atomic E-state index is 11.0. The first kappa shape index (κ1) is 9.92. The molecule has 1 aromatic carbocycles. The SMILES string of the molecule is COC(=O)c1ccc([S@@](C)=O)cc1. The molecule has 0 N–H and O–H groups in total. The van der Waals surface area contributed by atoms with Gasteiger partial charge in [-0.05, 0) is 24.3 Å². The fraction of sp³-hybridized carbons (Fsp3) is 0.222. The molecule has 0 heterocycles. The Bertz CT molecular complexity index is 329. The number of hydrogen-bond donors (Lipinski definition) is 0. The van der Waals surface area contributed by atoms with Crippen molar-refractivity contribution in [3.05, 3.63) is 29.8 Å². The van der Waals surface area contributed by atoms with Crippen LogP contribution >= 0.6 is 0 Å². The summed E-state index contributed by atoms with van der Waals surface area (Å²) in [7, 11) is 0.323. The molecule has 0 fully saturated rings. The van der Waals surface area contributed by atoms with Gasteiger partial charge in [-0.25, -0.2) is 4.79 Å². The molecule has 0 saturated heterocycles. The minimum absolute atomic E-state index is 0.381. The average Bonchev–Trinajstić information content (AvgIpc) is 2.17. The van der Waals surface area contributed by atoms with Gasteiger partial charge in [-0.2, -0.15) is 0 Å². The molecule has 0 amide bonds. The van der Waals surface area contributed by atoms with Gasteiger partial charge in [0.05, 0.1) is 12.7 Å². The van der Waals surface area contributed by atoms with Gasteiger partial charge >= 0.3 is 5.97 Å². The van der Waals surface area contributed by atoms with Gasteiger partial charge < -0.3 is 4.74 Å².